The van der Waals surface area contributed by atoms with E-state index in [9.17, 15) is 4.79 Å². The molecule has 0 aliphatic carbocycles. The highest BCUT2D eigenvalue weighted by atomic mass is 79.9. The summed E-state index contributed by atoms with van der Waals surface area (Å²) in [4.78, 5) is 16.9. The first-order valence-electron chi connectivity index (χ1n) is 7.30. The molecule has 0 aromatic carbocycles. The highest BCUT2D eigenvalue weighted by Crippen LogP contribution is 2.18. The van der Waals surface area contributed by atoms with Crippen LogP contribution in [0.3, 0.4) is 0 Å². The van der Waals surface area contributed by atoms with Gasteiger partial charge in [0.05, 0.1) is 0 Å². The number of carbonyl (C=O) groups is 1. The molecule has 1 aliphatic rings. The van der Waals surface area contributed by atoms with Crippen molar-refractivity contribution < 1.29 is 4.79 Å². The van der Waals surface area contributed by atoms with Crippen molar-refractivity contribution in [2.24, 2.45) is 5.92 Å². The number of nitrogens with zero attached hydrogens (tertiary/aromatic N) is 2. The summed E-state index contributed by atoms with van der Waals surface area (Å²) in [6.07, 6.45) is 4.32. The molecular weight excluding hydrogens is 292 g/mol. The predicted molar refractivity (Wildman–Crippen MR) is 80.1 cm³/mol. The zero-order valence-electron chi connectivity index (χ0n) is 11.8. The van der Waals surface area contributed by atoms with Crippen molar-refractivity contribution in [3.05, 3.63) is 0 Å². The first-order chi connectivity index (χ1) is 8.72. The van der Waals surface area contributed by atoms with Gasteiger partial charge in [0, 0.05) is 44.0 Å². The Kier molecular flexibility index (Phi) is 7.91. The quantitative estimate of drug-likeness (QED) is 0.674. The largest absolute Gasteiger partial charge is 0.340 e. The molecule has 0 radical (unpaired) electrons. The summed E-state index contributed by atoms with van der Waals surface area (Å²) in [6, 6.07) is 0. The molecule has 18 heavy (non-hydrogen) atoms. The van der Waals surface area contributed by atoms with Crippen LogP contribution in [0.2, 0.25) is 0 Å². The van der Waals surface area contributed by atoms with E-state index in [0.29, 0.717) is 5.91 Å². The van der Waals surface area contributed by atoms with Crippen molar-refractivity contribution in [1.82, 2.24) is 9.80 Å². The fourth-order valence-corrected chi connectivity index (χ4v) is 3.16. The minimum atomic E-state index is 0.266. The lowest BCUT2D eigenvalue weighted by Crippen LogP contribution is -2.50. The van der Waals surface area contributed by atoms with E-state index in [-0.39, 0.29) is 5.92 Å². The molecule has 0 atom stereocenters. The maximum absolute atomic E-state index is 12.4. The third kappa shape index (κ3) is 4.88. The summed E-state index contributed by atoms with van der Waals surface area (Å²) in [5, 5.41) is 1.02. The van der Waals surface area contributed by atoms with Crippen LogP contribution in [-0.2, 0) is 4.79 Å². The van der Waals surface area contributed by atoms with Gasteiger partial charge in [0.25, 0.3) is 0 Å². The fraction of sp³-hybridized carbons (Fsp3) is 0.929. The monoisotopic (exact) mass is 318 g/mol. The number of piperazine rings is 1. The lowest BCUT2D eigenvalue weighted by Gasteiger charge is -2.36. The topological polar surface area (TPSA) is 23.6 Å². The Balaban J connectivity index is 2.41. The third-order valence-electron chi connectivity index (χ3n) is 3.71. The third-order valence-corrected chi connectivity index (χ3v) is 4.06. The van der Waals surface area contributed by atoms with Gasteiger partial charge < -0.3 is 4.90 Å². The van der Waals surface area contributed by atoms with E-state index in [0.717, 1.165) is 63.7 Å². The molecular formula is C14H27BrN2O. The van der Waals surface area contributed by atoms with E-state index < -0.39 is 0 Å². The number of hydrogen-bond acceptors (Lipinski definition) is 2. The minimum absolute atomic E-state index is 0.266. The number of halogens is 1. The normalized spacial score (nSPS) is 17.4. The smallest absolute Gasteiger partial charge is 0.225 e. The molecule has 1 aliphatic heterocycles. The molecule has 1 amide bonds. The summed E-state index contributed by atoms with van der Waals surface area (Å²) in [5.41, 5.74) is 0. The molecule has 106 valence electrons. The summed E-state index contributed by atoms with van der Waals surface area (Å²) in [7, 11) is 0. The van der Waals surface area contributed by atoms with Gasteiger partial charge in [0.1, 0.15) is 0 Å². The van der Waals surface area contributed by atoms with Gasteiger partial charge in [-0.15, -0.1) is 0 Å². The Morgan fingerprint density at radius 1 is 1.11 bits per heavy atom. The highest BCUT2D eigenvalue weighted by molar-refractivity contribution is 9.09. The van der Waals surface area contributed by atoms with Crippen molar-refractivity contribution in [2.45, 2.75) is 39.5 Å². The van der Waals surface area contributed by atoms with Crippen LogP contribution < -0.4 is 0 Å². The van der Waals surface area contributed by atoms with E-state index in [1.807, 2.05) is 0 Å². The Labute approximate surface area is 120 Å². The number of carbonyl (C=O) groups excluding carboxylic acids is 1. The summed E-state index contributed by atoms with van der Waals surface area (Å²) in [5.74, 6) is 0.667. The Morgan fingerprint density at radius 2 is 1.67 bits per heavy atom. The van der Waals surface area contributed by atoms with Gasteiger partial charge in [0.15, 0.2) is 0 Å². The number of alkyl halides is 1. The second-order valence-corrected chi connectivity index (χ2v) is 5.92. The molecule has 0 unspecified atom stereocenters. The maximum atomic E-state index is 12.4. The van der Waals surface area contributed by atoms with Crippen molar-refractivity contribution in [1.29, 1.82) is 0 Å². The zero-order valence-corrected chi connectivity index (χ0v) is 13.4. The molecule has 4 heteroatoms. The van der Waals surface area contributed by atoms with E-state index in [2.05, 4.69) is 39.6 Å². The van der Waals surface area contributed by atoms with Crippen molar-refractivity contribution in [3.63, 3.8) is 0 Å². The maximum Gasteiger partial charge on any atom is 0.225 e. The van der Waals surface area contributed by atoms with Crippen LogP contribution in [0.4, 0.5) is 0 Å². The summed E-state index contributed by atoms with van der Waals surface area (Å²) < 4.78 is 0. The van der Waals surface area contributed by atoms with Crippen LogP contribution >= 0.6 is 15.9 Å². The van der Waals surface area contributed by atoms with Gasteiger partial charge in [-0.2, -0.15) is 0 Å². The van der Waals surface area contributed by atoms with Gasteiger partial charge in [0.2, 0.25) is 5.91 Å². The number of rotatable bonds is 7. The molecule has 0 N–H and O–H groups in total. The van der Waals surface area contributed by atoms with E-state index >= 15 is 0 Å². The van der Waals surface area contributed by atoms with Crippen LogP contribution in [0.1, 0.15) is 39.5 Å². The average molecular weight is 319 g/mol. The van der Waals surface area contributed by atoms with Crippen LogP contribution in [0.15, 0.2) is 0 Å². The molecule has 0 aromatic heterocycles. The van der Waals surface area contributed by atoms with Crippen molar-refractivity contribution >= 4 is 21.8 Å². The fourth-order valence-electron chi connectivity index (χ4n) is 2.66. The van der Waals surface area contributed by atoms with Crippen molar-refractivity contribution in [3.8, 4) is 0 Å². The summed E-state index contributed by atoms with van der Waals surface area (Å²) in [6.45, 7) is 9.32. The molecule has 0 aromatic rings. The van der Waals surface area contributed by atoms with Crippen LogP contribution in [0.5, 0.6) is 0 Å². The van der Waals surface area contributed by atoms with Crippen LogP contribution in [0.25, 0.3) is 0 Å². The Bertz CT molecular complexity index is 234. The molecule has 1 heterocycles. The van der Waals surface area contributed by atoms with Crippen molar-refractivity contribution in [2.75, 3.05) is 38.1 Å². The van der Waals surface area contributed by atoms with Crippen LogP contribution in [0, 0.1) is 5.92 Å². The first kappa shape index (κ1) is 16.0. The molecule has 3 nitrogen and oxygen atoms in total. The second kappa shape index (κ2) is 8.92. The average Bonchev–Trinajstić information content (AvgIpc) is 2.39. The number of amides is 1. The van der Waals surface area contributed by atoms with E-state index in [1.54, 1.807) is 0 Å². The first-order valence-corrected chi connectivity index (χ1v) is 8.42. The summed E-state index contributed by atoms with van der Waals surface area (Å²) >= 11 is 3.47. The SMILES string of the molecule is CCCC(CCC)C(=O)N1CCN(CCBr)CC1. The Morgan fingerprint density at radius 3 is 2.11 bits per heavy atom. The molecule has 0 bridgehead atoms. The lowest BCUT2D eigenvalue weighted by molar-refractivity contribution is -0.137. The predicted octanol–water partition coefficient (Wildman–Crippen LogP) is 2.74. The van der Waals surface area contributed by atoms with E-state index in [1.165, 1.54) is 0 Å². The van der Waals surface area contributed by atoms with Crippen LogP contribution in [-0.4, -0.2) is 53.8 Å². The van der Waals surface area contributed by atoms with Gasteiger partial charge >= 0.3 is 0 Å². The molecule has 0 saturated carbocycles. The molecule has 1 saturated heterocycles. The van der Waals surface area contributed by atoms with Gasteiger partial charge in [-0.1, -0.05) is 42.6 Å². The van der Waals surface area contributed by atoms with Gasteiger partial charge in [-0.05, 0) is 12.8 Å². The zero-order chi connectivity index (χ0) is 13.4. The molecule has 1 rings (SSSR count). The van der Waals surface area contributed by atoms with E-state index in [4.69, 9.17) is 0 Å². The second-order valence-electron chi connectivity index (χ2n) is 5.13. The highest BCUT2D eigenvalue weighted by Gasteiger charge is 2.25. The lowest BCUT2D eigenvalue weighted by atomic mass is 9.96. The number of hydrogen-bond donors (Lipinski definition) is 0. The van der Waals surface area contributed by atoms with Gasteiger partial charge in [-0.25, -0.2) is 0 Å². The van der Waals surface area contributed by atoms with Gasteiger partial charge in [-0.3, -0.25) is 9.69 Å². The Hall–Kier alpha value is -0.0900. The standard InChI is InChI=1S/C14H27BrN2O/c1-3-5-13(6-4-2)14(18)17-11-9-16(8-7-15)10-12-17/h13H,3-12H2,1-2H3. The molecule has 0 spiro atoms. The minimum Gasteiger partial charge on any atom is -0.340 e. The molecule has 1 fully saturated rings.